The Morgan fingerprint density at radius 2 is 1.81 bits per heavy atom. The molecular formula is C24H19ClF3N5O3. The number of hydrogen-bond acceptors (Lipinski definition) is 8. The summed E-state index contributed by atoms with van der Waals surface area (Å²) >= 11 is 6.22. The SMILES string of the molecule is COc1ccc([C@@H](O)c2cc(-c3cnnc4c(F)c(N5CCOCC5)cc(F)c34)c(F)cc2Cl)nn1. The van der Waals surface area contributed by atoms with Crippen LogP contribution in [0.5, 0.6) is 5.88 Å². The van der Waals surface area contributed by atoms with Crippen LogP contribution in [0.25, 0.3) is 22.0 Å². The van der Waals surface area contributed by atoms with Crippen LogP contribution in [-0.2, 0) is 4.74 Å². The van der Waals surface area contributed by atoms with Crippen molar-refractivity contribution < 1.29 is 27.8 Å². The van der Waals surface area contributed by atoms with Crippen molar-refractivity contribution in [1.29, 1.82) is 0 Å². The van der Waals surface area contributed by atoms with E-state index in [1.54, 1.807) is 4.90 Å². The molecule has 5 rings (SSSR count). The lowest BCUT2D eigenvalue weighted by molar-refractivity contribution is 0.122. The number of anilines is 1. The largest absolute Gasteiger partial charge is 0.480 e. The van der Waals surface area contributed by atoms with Crippen LogP contribution in [0, 0.1) is 17.5 Å². The second-order valence-electron chi connectivity index (χ2n) is 8.03. The molecule has 0 aliphatic carbocycles. The molecule has 186 valence electrons. The third-order valence-corrected chi connectivity index (χ3v) is 6.29. The minimum Gasteiger partial charge on any atom is -0.480 e. The summed E-state index contributed by atoms with van der Waals surface area (Å²) < 4.78 is 56.2. The van der Waals surface area contributed by atoms with Crippen molar-refractivity contribution in [1.82, 2.24) is 20.4 Å². The summed E-state index contributed by atoms with van der Waals surface area (Å²) in [5, 5.41) is 25.8. The third-order valence-electron chi connectivity index (χ3n) is 5.96. The summed E-state index contributed by atoms with van der Waals surface area (Å²) in [7, 11) is 1.42. The first-order valence-electron chi connectivity index (χ1n) is 10.9. The lowest BCUT2D eigenvalue weighted by Gasteiger charge is -2.29. The van der Waals surface area contributed by atoms with Gasteiger partial charge in [-0.1, -0.05) is 11.6 Å². The number of morpholine rings is 1. The molecule has 3 heterocycles. The zero-order chi connectivity index (χ0) is 25.4. The van der Waals surface area contributed by atoms with Gasteiger partial charge in [0.05, 0.1) is 43.3 Å². The number of nitrogens with zero attached hydrogens (tertiary/aromatic N) is 5. The van der Waals surface area contributed by atoms with Crippen LogP contribution in [-0.4, -0.2) is 58.9 Å². The van der Waals surface area contributed by atoms with Crippen LogP contribution in [0.1, 0.15) is 17.4 Å². The summed E-state index contributed by atoms with van der Waals surface area (Å²) in [6, 6.07) is 6.26. The van der Waals surface area contributed by atoms with Crippen molar-refractivity contribution in [2.45, 2.75) is 6.10 Å². The van der Waals surface area contributed by atoms with Gasteiger partial charge in [0.1, 0.15) is 23.3 Å². The minimum absolute atomic E-state index is 0.0283. The van der Waals surface area contributed by atoms with Gasteiger partial charge >= 0.3 is 0 Å². The average Bonchev–Trinajstić information content (AvgIpc) is 2.90. The Labute approximate surface area is 208 Å². The standard InChI is InChI=1S/C24H19ClF3N5O3/c1-35-20-3-2-18(30-31-20)24(34)13-8-12(16(26)9-15(13)25)14-11-29-32-23-21(14)17(27)10-19(22(23)28)33-4-6-36-7-5-33/h2-3,8-11,24,34H,4-7H2,1H3/t24-/m0/s1. The van der Waals surface area contributed by atoms with Gasteiger partial charge in [-0.05, 0) is 18.2 Å². The predicted octanol–water partition coefficient (Wildman–Crippen LogP) is 4.08. The summed E-state index contributed by atoms with van der Waals surface area (Å²) in [6.45, 7) is 1.53. The van der Waals surface area contributed by atoms with E-state index in [0.717, 1.165) is 18.3 Å². The molecule has 1 aliphatic heterocycles. The van der Waals surface area contributed by atoms with Crippen molar-refractivity contribution in [2.24, 2.45) is 0 Å². The first-order chi connectivity index (χ1) is 17.4. The van der Waals surface area contributed by atoms with E-state index in [9.17, 15) is 5.11 Å². The lowest BCUT2D eigenvalue weighted by Crippen LogP contribution is -2.36. The van der Waals surface area contributed by atoms with Gasteiger partial charge in [0.15, 0.2) is 5.82 Å². The summed E-state index contributed by atoms with van der Waals surface area (Å²) in [6.07, 6.45) is -0.250. The maximum atomic E-state index is 15.5. The zero-order valence-electron chi connectivity index (χ0n) is 18.9. The molecule has 4 aromatic rings. The number of methoxy groups -OCH3 is 1. The molecule has 1 N–H and O–H groups in total. The molecule has 2 aromatic heterocycles. The Morgan fingerprint density at radius 1 is 1.03 bits per heavy atom. The molecule has 36 heavy (non-hydrogen) atoms. The van der Waals surface area contributed by atoms with E-state index in [1.807, 2.05) is 0 Å². The quantitative estimate of drug-likeness (QED) is 0.423. The fourth-order valence-corrected chi connectivity index (χ4v) is 4.38. The van der Waals surface area contributed by atoms with E-state index in [0.29, 0.717) is 26.3 Å². The van der Waals surface area contributed by atoms with Gasteiger partial charge in [-0.25, -0.2) is 13.2 Å². The first kappa shape index (κ1) is 24.2. The van der Waals surface area contributed by atoms with Gasteiger partial charge in [0, 0.05) is 46.9 Å². The third kappa shape index (κ3) is 4.29. The highest BCUT2D eigenvalue weighted by Crippen LogP contribution is 2.39. The van der Waals surface area contributed by atoms with Gasteiger partial charge in [-0.3, -0.25) is 0 Å². The van der Waals surface area contributed by atoms with Crippen LogP contribution in [0.2, 0.25) is 5.02 Å². The van der Waals surface area contributed by atoms with E-state index < -0.39 is 23.6 Å². The number of aliphatic hydroxyl groups excluding tert-OH is 1. The molecule has 0 spiro atoms. The Hall–Kier alpha value is -3.54. The van der Waals surface area contributed by atoms with Crippen LogP contribution < -0.4 is 9.64 Å². The fourth-order valence-electron chi connectivity index (χ4n) is 4.12. The molecule has 1 fully saturated rings. The maximum Gasteiger partial charge on any atom is 0.233 e. The molecular weight excluding hydrogens is 499 g/mol. The van der Waals surface area contributed by atoms with Gasteiger partial charge in [0.2, 0.25) is 5.88 Å². The number of aliphatic hydroxyl groups is 1. The molecule has 12 heteroatoms. The number of fused-ring (bicyclic) bond motifs is 1. The molecule has 8 nitrogen and oxygen atoms in total. The number of benzene rings is 2. The van der Waals surface area contributed by atoms with Crippen LogP contribution in [0.3, 0.4) is 0 Å². The first-order valence-corrected chi connectivity index (χ1v) is 11.3. The highest BCUT2D eigenvalue weighted by Gasteiger charge is 2.25. The van der Waals surface area contributed by atoms with Crippen LogP contribution in [0.15, 0.2) is 36.5 Å². The molecule has 0 amide bonds. The molecule has 0 saturated carbocycles. The molecule has 0 bridgehead atoms. The Balaban J connectivity index is 1.63. The Morgan fingerprint density at radius 3 is 2.50 bits per heavy atom. The van der Waals surface area contributed by atoms with Crippen molar-refractivity contribution >= 4 is 28.2 Å². The number of hydrogen-bond donors (Lipinski definition) is 1. The summed E-state index contributed by atoms with van der Waals surface area (Å²) in [5.74, 6) is -2.15. The molecule has 0 unspecified atom stereocenters. The van der Waals surface area contributed by atoms with Gasteiger partial charge in [-0.15, -0.1) is 15.3 Å². The molecule has 1 aliphatic rings. The van der Waals surface area contributed by atoms with Crippen molar-refractivity contribution in [3.8, 4) is 17.0 Å². The number of ether oxygens (including phenoxy) is 2. The van der Waals surface area contributed by atoms with E-state index in [1.165, 1.54) is 25.3 Å². The lowest BCUT2D eigenvalue weighted by atomic mass is 9.96. The number of halogens is 4. The second kappa shape index (κ2) is 9.84. The van der Waals surface area contributed by atoms with Gasteiger partial charge < -0.3 is 19.5 Å². The van der Waals surface area contributed by atoms with Crippen molar-refractivity contribution in [3.63, 3.8) is 0 Å². The smallest absolute Gasteiger partial charge is 0.233 e. The fraction of sp³-hybridized carbons (Fsp3) is 0.250. The van der Waals surface area contributed by atoms with Gasteiger partial charge in [0.25, 0.3) is 0 Å². The topological polar surface area (TPSA) is 93.5 Å². The van der Waals surface area contributed by atoms with E-state index in [2.05, 4.69) is 20.4 Å². The van der Waals surface area contributed by atoms with Crippen LogP contribution >= 0.6 is 11.6 Å². The van der Waals surface area contributed by atoms with Crippen LogP contribution in [0.4, 0.5) is 18.9 Å². The molecule has 1 saturated heterocycles. The molecule has 0 radical (unpaired) electrons. The second-order valence-corrected chi connectivity index (χ2v) is 8.44. The van der Waals surface area contributed by atoms with E-state index in [-0.39, 0.29) is 49.9 Å². The predicted molar refractivity (Wildman–Crippen MR) is 126 cm³/mol. The average molecular weight is 518 g/mol. The number of rotatable bonds is 5. The maximum absolute atomic E-state index is 15.5. The van der Waals surface area contributed by atoms with E-state index in [4.69, 9.17) is 21.1 Å². The summed E-state index contributed by atoms with van der Waals surface area (Å²) in [4.78, 5) is 1.66. The monoisotopic (exact) mass is 517 g/mol. The minimum atomic E-state index is -1.38. The Bertz CT molecular complexity index is 1440. The Kier molecular flexibility index (Phi) is 6.61. The van der Waals surface area contributed by atoms with Crippen molar-refractivity contribution in [2.75, 3.05) is 38.3 Å². The summed E-state index contributed by atoms with van der Waals surface area (Å²) in [5.41, 5.74) is -0.295. The number of aromatic nitrogens is 4. The zero-order valence-corrected chi connectivity index (χ0v) is 19.6. The van der Waals surface area contributed by atoms with Gasteiger partial charge in [-0.2, -0.15) is 5.10 Å². The normalized spacial score (nSPS) is 14.8. The highest BCUT2D eigenvalue weighted by atomic mass is 35.5. The van der Waals surface area contributed by atoms with E-state index >= 15 is 13.2 Å². The molecule has 1 atom stereocenters. The molecule has 2 aromatic carbocycles. The van der Waals surface area contributed by atoms with Crippen molar-refractivity contribution in [3.05, 3.63) is 70.3 Å². The highest BCUT2D eigenvalue weighted by molar-refractivity contribution is 6.31.